The maximum absolute atomic E-state index is 13.5. The Morgan fingerprint density at radius 1 is 0.822 bits per heavy atom. The molecule has 45 heavy (non-hydrogen) atoms. The maximum atomic E-state index is 13.5. The number of amides is 1. The Labute approximate surface area is 274 Å². The summed E-state index contributed by atoms with van der Waals surface area (Å²) in [6.45, 7) is 5.72. The lowest BCUT2D eigenvalue weighted by atomic mass is 10.1. The largest absolute Gasteiger partial charge is 0.369 e. The molecule has 5 aromatic rings. The van der Waals surface area contributed by atoms with Crippen molar-refractivity contribution in [2.24, 2.45) is 0 Å². The second-order valence-corrected chi connectivity index (χ2v) is 11.5. The topological polar surface area (TPSA) is 113 Å². The molecule has 6 rings (SSSR count). The van der Waals surface area contributed by atoms with Crippen LogP contribution in [0.2, 0.25) is 10.3 Å². The normalized spacial score (nSPS) is 13.2. The molecule has 1 aliphatic heterocycles. The summed E-state index contributed by atoms with van der Waals surface area (Å²) in [5.74, 6) is -0.315. The van der Waals surface area contributed by atoms with Gasteiger partial charge in [-0.05, 0) is 85.7 Å². The number of nitrogens with one attached hydrogen (secondary N) is 1. The molecule has 0 aliphatic carbocycles. The molecule has 0 atom stereocenters. The number of benzene rings is 2. The Morgan fingerprint density at radius 2 is 1.49 bits per heavy atom. The van der Waals surface area contributed by atoms with Crippen molar-refractivity contribution in [3.63, 3.8) is 0 Å². The SMILES string of the molecule is Cc1ccc(NC(=O)c2ccnc(Cl)c2)cc1-n1cnc2ccc(N3CCN(C)CC3)cc2c1=O.O=C(Cl)c1ccnc(Cl)c1. The Hall–Kier alpha value is -4.35. The molecule has 1 fully saturated rings. The highest BCUT2D eigenvalue weighted by atomic mass is 35.5. The summed E-state index contributed by atoms with van der Waals surface area (Å²) in [5.41, 5.74) is 4.38. The third kappa shape index (κ3) is 7.84. The van der Waals surface area contributed by atoms with Crippen LogP contribution in [-0.2, 0) is 0 Å². The van der Waals surface area contributed by atoms with E-state index in [1.165, 1.54) is 41.5 Å². The first-order valence-electron chi connectivity index (χ1n) is 13.9. The van der Waals surface area contributed by atoms with Crippen molar-refractivity contribution in [3.8, 4) is 5.69 Å². The Morgan fingerprint density at radius 3 is 2.13 bits per heavy atom. The molecule has 0 spiro atoms. The first-order valence-corrected chi connectivity index (χ1v) is 15.0. The molecule has 0 unspecified atom stereocenters. The Kier molecular flexibility index (Phi) is 10.1. The van der Waals surface area contributed by atoms with Crippen LogP contribution >= 0.6 is 34.8 Å². The highest BCUT2D eigenvalue weighted by Crippen LogP contribution is 2.23. The van der Waals surface area contributed by atoms with Crippen LogP contribution in [0.3, 0.4) is 0 Å². The van der Waals surface area contributed by atoms with Gasteiger partial charge in [0.2, 0.25) is 0 Å². The summed E-state index contributed by atoms with van der Waals surface area (Å²) in [6, 6.07) is 17.3. The van der Waals surface area contributed by atoms with Crippen LogP contribution in [0.5, 0.6) is 0 Å². The summed E-state index contributed by atoms with van der Waals surface area (Å²) in [6.07, 6.45) is 4.45. The number of carbonyl (C=O) groups excluding carboxylic acids is 2. The van der Waals surface area contributed by atoms with E-state index in [0.717, 1.165) is 37.4 Å². The molecular weight excluding hydrogens is 637 g/mol. The zero-order chi connectivity index (χ0) is 32.1. The molecule has 1 amide bonds. The lowest BCUT2D eigenvalue weighted by Crippen LogP contribution is -2.44. The van der Waals surface area contributed by atoms with Gasteiger partial charge in [-0.1, -0.05) is 29.3 Å². The molecule has 0 saturated carbocycles. The van der Waals surface area contributed by atoms with Gasteiger partial charge in [0.05, 0.1) is 16.6 Å². The molecule has 1 N–H and O–H groups in total. The fraction of sp³-hybridized carbons (Fsp3) is 0.188. The van der Waals surface area contributed by atoms with Gasteiger partial charge in [-0.15, -0.1) is 0 Å². The molecule has 10 nitrogen and oxygen atoms in total. The van der Waals surface area contributed by atoms with Crippen LogP contribution in [0.1, 0.15) is 26.3 Å². The van der Waals surface area contributed by atoms with Gasteiger partial charge in [0.25, 0.3) is 16.7 Å². The van der Waals surface area contributed by atoms with E-state index in [-0.39, 0.29) is 21.8 Å². The quantitative estimate of drug-likeness (QED) is 0.184. The number of rotatable bonds is 5. The third-order valence-electron chi connectivity index (χ3n) is 7.28. The van der Waals surface area contributed by atoms with E-state index < -0.39 is 5.24 Å². The minimum atomic E-state index is -0.524. The minimum absolute atomic E-state index is 0.154. The zero-order valence-corrected chi connectivity index (χ0v) is 26.6. The van der Waals surface area contributed by atoms with Gasteiger partial charge >= 0.3 is 0 Å². The minimum Gasteiger partial charge on any atom is -0.369 e. The van der Waals surface area contributed by atoms with E-state index in [0.29, 0.717) is 33.4 Å². The van der Waals surface area contributed by atoms with Crippen molar-refractivity contribution in [3.05, 3.63) is 117 Å². The van der Waals surface area contributed by atoms with Crippen LogP contribution in [-0.4, -0.2) is 68.8 Å². The van der Waals surface area contributed by atoms with Crippen molar-refractivity contribution >= 4 is 68.2 Å². The van der Waals surface area contributed by atoms with Crippen molar-refractivity contribution in [2.75, 3.05) is 43.4 Å². The van der Waals surface area contributed by atoms with Gasteiger partial charge in [-0.3, -0.25) is 19.0 Å². The summed E-state index contributed by atoms with van der Waals surface area (Å²) in [7, 11) is 2.12. The zero-order valence-electron chi connectivity index (χ0n) is 24.4. The van der Waals surface area contributed by atoms with Gasteiger partial charge in [-0.25, -0.2) is 15.0 Å². The fourth-order valence-corrected chi connectivity index (χ4v) is 5.23. The number of fused-ring (bicyclic) bond motifs is 1. The van der Waals surface area contributed by atoms with Crippen LogP contribution in [0.25, 0.3) is 16.6 Å². The summed E-state index contributed by atoms with van der Waals surface area (Å²) >= 11 is 16.5. The second kappa shape index (κ2) is 14.2. The van der Waals surface area contributed by atoms with Gasteiger partial charge in [0.15, 0.2) is 0 Å². The number of likely N-dealkylation sites (N-methyl/N-ethyl adjacent to an activating group) is 1. The molecular formula is C32H28Cl3N7O3. The first-order chi connectivity index (χ1) is 21.6. The molecule has 2 aromatic carbocycles. The second-order valence-electron chi connectivity index (χ2n) is 10.4. The third-order valence-corrected chi connectivity index (χ3v) is 7.91. The highest BCUT2D eigenvalue weighted by Gasteiger charge is 2.17. The maximum Gasteiger partial charge on any atom is 0.265 e. The summed E-state index contributed by atoms with van der Waals surface area (Å²) < 4.78 is 1.53. The number of pyridine rings is 2. The van der Waals surface area contributed by atoms with Gasteiger partial charge in [0, 0.05) is 61.1 Å². The summed E-state index contributed by atoms with van der Waals surface area (Å²) in [5, 5.41) is 3.41. The van der Waals surface area contributed by atoms with E-state index in [2.05, 4.69) is 37.1 Å². The molecule has 230 valence electrons. The average molecular weight is 665 g/mol. The standard InChI is InChI=1S/C26H25ClN6O2.C6H3Cl2NO/c1-17-3-4-19(30-25(34)18-7-8-28-24(27)13-18)14-23(17)33-16-29-22-6-5-20(15-21(22)26(33)35)32-11-9-31(2)10-12-32;7-5-3-4(6(8)10)1-2-9-5/h3-8,13-16H,9-12H2,1-2H3,(H,30,34);1-3H. The van der Waals surface area contributed by atoms with Gasteiger partial charge < -0.3 is 15.1 Å². The smallest absolute Gasteiger partial charge is 0.265 e. The van der Waals surface area contributed by atoms with Crippen LogP contribution in [0.4, 0.5) is 11.4 Å². The van der Waals surface area contributed by atoms with Crippen molar-refractivity contribution in [2.45, 2.75) is 6.92 Å². The van der Waals surface area contributed by atoms with E-state index in [4.69, 9.17) is 34.8 Å². The number of hydrogen-bond donors (Lipinski definition) is 1. The number of piperazine rings is 1. The van der Waals surface area contributed by atoms with E-state index in [1.807, 2.05) is 31.2 Å². The molecule has 13 heteroatoms. The number of nitrogens with zero attached hydrogens (tertiary/aromatic N) is 6. The van der Waals surface area contributed by atoms with Crippen molar-refractivity contribution in [1.29, 1.82) is 0 Å². The fourth-order valence-electron chi connectivity index (χ4n) is 4.76. The van der Waals surface area contributed by atoms with E-state index in [1.54, 1.807) is 18.2 Å². The van der Waals surface area contributed by atoms with E-state index >= 15 is 0 Å². The predicted octanol–water partition coefficient (Wildman–Crippen LogP) is 5.86. The van der Waals surface area contributed by atoms with Crippen LogP contribution in [0.15, 0.2) is 84.2 Å². The highest BCUT2D eigenvalue weighted by molar-refractivity contribution is 6.67. The summed E-state index contributed by atoms with van der Waals surface area (Å²) in [4.78, 5) is 53.4. The number of hydrogen-bond acceptors (Lipinski definition) is 8. The van der Waals surface area contributed by atoms with Gasteiger partial charge in [-0.2, -0.15) is 0 Å². The molecule has 3 aromatic heterocycles. The van der Waals surface area contributed by atoms with Crippen LogP contribution in [0, 0.1) is 6.92 Å². The lowest BCUT2D eigenvalue weighted by molar-refractivity contribution is 0.102. The molecule has 4 heterocycles. The number of anilines is 2. The monoisotopic (exact) mass is 663 g/mol. The van der Waals surface area contributed by atoms with E-state index in [9.17, 15) is 14.4 Å². The number of aryl methyl sites for hydroxylation is 1. The molecule has 1 saturated heterocycles. The molecule has 0 radical (unpaired) electrons. The number of halogens is 3. The number of aromatic nitrogens is 4. The Balaban J connectivity index is 0.000000342. The Bertz CT molecular complexity index is 1940. The predicted molar refractivity (Wildman–Crippen MR) is 178 cm³/mol. The average Bonchev–Trinajstić information content (AvgIpc) is 3.03. The lowest BCUT2D eigenvalue weighted by Gasteiger charge is -2.34. The van der Waals surface area contributed by atoms with Crippen LogP contribution < -0.4 is 15.8 Å². The number of carbonyl (C=O) groups is 2. The molecule has 1 aliphatic rings. The first kappa shape index (κ1) is 32.1. The van der Waals surface area contributed by atoms with Crippen molar-refractivity contribution < 1.29 is 9.59 Å². The van der Waals surface area contributed by atoms with Gasteiger partial charge in [0.1, 0.15) is 16.6 Å². The molecule has 0 bridgehead atoms. The van der Waals surface area contributed by atoms with Crippen molar-refractivity contribution in [1.82, 2.24) is 24.4 Å².